The fourth-order valence-electron chi connectivity index (χ4n) is 0.891. The summed E-state index contributed by atoms with van der Waals surface area (Å²) in [5.74, 6) is -0.533. The quantitative estimate of drug-likeness (QED) is 0.753. The number of carbonyl (C=O) groups excluding carboxylic acids is 2. The van der Waals surface area contributed by atoms with E-state index in [1.165, 1.54) is 7.11 Å². The van der Waals surface area contributed by atoms with Crippen molar-refractivity contribution < 1.29 is 19.1 Å². The minimum absolute atomic E-state index is 0.0633. The van der Waals surface area contributed by atoms with Crippen molar-refractivity contribution in [3.05, 3.63) is 30.1 Å². The van der Waals surface area contributed by atoms with E-state index < -0.39 is 12.1 Å². The lowest BCUT2D eigenvalue weighted by atomic mass is 10.4. The van der Waals surface area contributed by atoms with E-state index in [4.69, 9.17) is 4.74 Å². The molecule has 86 valence electrons. The Bertz CT molecular complexity index is 353. The van der Waals surface area contributed by atoms with Crippen LogP contribution in [-0.2, 0) is 20.9 Å². The zero-order chi connectivity index (χ0) is 11.8. The number of hydrogen-bond acceptors (Lipinski definition) is 5. The molecular formula is C10H12N2O4. The Morgan fingerprint density at radius 2 is 2.25 bits per heavy atom. The third-order valence-corrected chi connectivity index (χ3v) is 1.68. The maximum absolute atomic E-state index is 11.1. The molecule has 0 aliphatic carbocycles. The Morgan fingerprint density at radius 1 is 1.44 bits per heavy atom. The van der Waals surface area contributed by atoms with Crippen molar-refractivity contribution in [1.82, 2.24) is 10.3 Å². The summed E-state index contributed by atoms with van der Waals surface area (Å²) in [4.78, 5) is 25.7. The molecule has 0 fully saturated rings. The van der Waals surface area contributed by atoms with Gasteiger partial charge in [0.15, 0.2) is 0 Å². The zero-order valence-electron chi connectivity index (χ0n) is 8.80. The highest BCUT2D eigenvalue weighted by Crippen LogP contribution is 1.95. The van der Waals surface area contributed by atoms with Crippen LogP contribution in [0.5, 0.6) is 0 Å². The van der Waals surface area contributed by atoms with Crippen LogP contribution in [0.25, 0.3) is 0 Å². The van der Waals surface area contributed by atoms with Crippen LogP contribution in [0.2, 0.25) is 0 Å². The van der Waals surface area contributed by atoms with Gasteiger partial charge in [0.1, 0.15) is 13.2 Å². The monoisotopic (exact) mass is 224 g/mol. The highest BCUT2D eigenvalue weighted by Gasteiger charge is 2.06. The second-order valence-corrected chi connectivity index (χ2v) is 2.83. The lowest BCUT2D eigenvalue weighted by Crippen LogP contribution is -2.30. The lowest BCUT2D eigenvalue weighted by Gasteiger charge is -2.05. The standard InChI is InChI=1S/C10H12N2O4/c1-15-9(13)6-12-10(14)16-7-8-4-2-3-5-11-8/h2-5H,6-7H2,1H3,(H,12,14). The molecule has 0 aromatic carbocycles. The van der Waals surface area contributed by atoms with Gasteiger partial charge in [0.05, 0.1) is 12.8 Å². The van der Waals surface area contributed by atoms with Crippen molar-refractivity contribution in [2.75, 3.05) is 13.7 Å². The molecule has 0 aliphatic rings. The molecule has 0 aliphatic heterocycles. The first-order valence-corrected chi connectivity index (χ1v) is 4.59. The predicted molar refractivity (Wildman–Crippen MR) is 54.4 cm³/mol. The van der Waals surface area contributed by atoms with Gasteiger partial charge in [0.25, 0.3) is 0 Å². The first-order valence-electron chi connectivity index (χ1n) is 4.59. The zero-order valence-corrected chi connectivity index (χ0v) is 8.80. The molecule has 0 spiro atoms. The number of rotatable bonds is 4. The SMILES string of the molecule is COC(=O)CNC(=O)OCc1ccccn1. The first kappa shape index (κ1) is 12.0. The van der Waals surface area contributed by atoms with Gasteiger partial charge < -0.3 is 14.8 Å². The van der Waals surface area contributed by atoms with Gasteiger partial charge in [-0.3, -0.25) is 9.78 Å². The second-order valence-electron chi connectivity index (χ2n) is 2.83. The smallest absolute Gasteiger partial charge is 0.408 e. The van der Waals surface area contributed by atoms with Gasteiger partial charge in [-0.1, -0.05) is 6.07 Å². The van der Waals surface area contributed by atoms with Crippen molar-refractivity contribution in [2.24, 2.45) is 0 Å². The van der Waals surface area contributed by atoms with E-state index in [9.17, 15) is 9.59 Å². The predicted octanol–water partition coefficient (Wildman–Crippen LogP) is 0.481. The fraction of sp³-hybridized carbons (Fsp3) is 0.300. The van der Waals surface area contributed by atoms with Gasteiger partial charge in [-0.25, -0.2) is 4.79 Å². The Kier molecular flexibility index (Phi) is 4.78. The third kappa shape index (κ3) is 4.41. The molecule has 16 heavy (non-hydrogen) atoms. The molecule has 1 heterocycles. The van der Waals surface area contributed by atoms with Gasteiger partial charge in [-0.15, -0.1) is 0 Å². The number of methoxy groups -OCH3 is 1. The average molecular weight is 224 g/mol. The molecule has 1 aromatic heterocycles. The average Bonchev–Trinajstić information content (AvgIpc) is 2.34. The molecule has 1 aromatic rings. The Morgan fingerprint density at radius 3 is 2.88 bits per heavy atom. The second kappa shape index (κ2) is 6.39. The van der Waals surface area contributed by atoms with Crippen LogP contribution >= 0.6 is 0 Å². The van der Waals surface area contributed by atoms with Gasteiger partial charge in [-0.05, 0) is 12.1 Å². The van der Waals surface area contributed by atoms with E-state index in [-0.39, 0.29) is 13.2 Å². The number of alkyl carbamates (subject to hydrolysis) is 1. The normalized spacial score (nSPS) is 9.31. The molecule has 6 nitrogen and oxygen atoms in total. The van der Waals surface area contributed by atoms with Crippen LogP contribution in [-0.4, -0.2) is 30.7 Å². The largest absolute Gasteiger partial charge is 0.468 e. The van der Waals surface area contributed by atoms with E-state index in [1.807, 2.05) is 0 Å². The first-order chi connectivity index (χ1) is 7.72. The summed E-state index contributed by atoms with van der Waals surface area (Å²) in [5, 5.41) is 2.24. The minimum atomic E-state index is -0.684. The topological polar surface area (TPSA) is 77.5 Å². The van der Waals surface area contributed by atoms with E-state index in [1.54, 1.807) is 24.4 Å². The summed E-state index contributed by atoms with van der Waals surface area (Å²) >= 11 is 0. The van der Waals surface area contributed by atoms with Gasteiger partial charge in [0.2, 0.25) is 0 Å². The Labute approximate surface area is 92.6 Å². The van der Waals surface area contributed by atoms with Crippen LogP contribution in [0, 0.1) is 0 Å². The highest BCUT2D eigenvalue weighted by atomic mass is 16.6. The van der Waals surface area contributed by atoms with Gasteiger partial charge in [-0.2, -0.15) is 0 Å². The molecule has 0 saturated carbocycles. The minimum Gasteiger partial charge on any atom is -0.468 e. The molecule has 0 saturated heterocycles. The molecule has 1 N–H and O–H groups in total. The summed E-state index contributed by atoms with van der Waals surface area (Å²) in [6.07, 6.45) is 0.918. The lowest BCUT2D eigenvalue weighted by molar-refractivity contribution is -0.139. The molecule has 1 rings (SSSR count). The summed E-state index contributed by atoms with van der Waals surface area (Å²) < 4.78 is 9.14. The van der Waals surface area contributed by atoms with Crippen LogP contribution in [0.15, 0.2) is 24.4 Å². The van der Waals surface area contributed by atoms with Crippen LogP contribution in [0.1, 0.15) is 5.69 Å². The summed E-state index contributed by atoms with van der Waals surface area (Å²) in [6, 6.07) is 5.28. The molecule has 0 atom stereocenters. The molecule has 1 amide bonds. The van der Waals surface area contributed by atoms with Crippen molar-refractivity contribution in [1.29, 1.82) is 0 Å². The van der Waals surface area contributed by atoms with Gasteiger partial charge in [0, 0.05) is 6.20 Å². The van der Waals surface area contributed by atoms with Crippen LogP contribution < -0.4 is 5.32 Å². The van der Waals surface area contributed by atoms with Crippen LogP contribution in [0.4, 0.5) is 4.79 Å². The van der Waals surface area contributed by atoms with Crippen molar-refractivity contribution >= 4 is 12.1 Å². The van der Waals surface area contributed by atoms with E-state index in [0.717, 1.165) is 0 Å². The maximum Gasteiger partial charge on any atom is 0.408 e. The van der Waals surface area contributed by atoms with Crippen molar-refractivity contribution in [3.63, 3.8) is 0 Å². The van der Waals surface area contributed by atoms with Crippen LogP contribution in [0.3, 0.4) is 0 Å². The number of pyridine rings is 1. The molecule has 6 heteroatoms. The third-order valence-electron chi connectivity index (χ3n) is 1.68. The molecule has 0 unspecified atom stereocenters. The van der Waals surface area contributed by atoms with E-state index in [0.29, 0.717) is 5.69 Å². The van der Waals surface area contributed by atoms with Crippen molar-refractivity contribution in [2.45, 2.75) is 6.61 Å². The van der Waals surface area contributed by atoms with Crippen molar-refractivity contribution in [3.8, 4) is 0 Å². The summed E-state index contributed by atoms with van der Waals surface area (Å²) in [5.41, 5.74) is 0.635. The number of carbonyl (C=O) groups is 2. The number of aromatic nitrogens is 1. The number of nitrogens with one attached hydrogen (secondary N) is 1. The Hall–Kier alpha value is -2.11. The number of esters is 1. The fourth-order valence-corrected chi connectivity index (χ4v) is 0.891. The van der Waals surface area contributed by atoms with E-state index in [2.05, 4.69) is 15.0 Å². The highest BCUT2D eigenvalue weighted by molar-refractivity contribution is 5.77. The molecule has 0 radical (unpaired) electrons. The van der Waals surface area contributed by atoms with Gasteiger partial charge >= 0.3 is 12.1 Å². The number of hydrogen-bond donors (Lipinski definition) is 1. The number of nitrogens with zero attached hydrogens (tertiary/aromatic N) is 1. The molecule has 0 bridgehead atoms. The number of amides is 1. The molecular weight excluding hydrogens is 212 g/mol. The maximum atomic E-state index is 11.1. The summed E-state index contributed by atoms with van der Waals surface area (Å²) in [6.45, 7) is -0.147. The Balaban J connectivity index is 2.23. The summed E-state index contributed by atoms with van der Waals surface area (Å²) in [7, 11) is 1.24. The number of ether oxygens (including phenoxy) is 2. The van der Waals surface area contributed by atoms with E-state index >= 15 is 0 Å².